The van der Waals surface area contributed by atoms with Gasteiger partial charge in [-0.3, -0.25) is 10.1 Å². The van der Waals surface area contributed by atoms with Gasteiger partial charge >= 0.3 is 5.97 Å². The normalized spacial score (nSPS) is 12.3. The van der Waals surface area contributed by atoms with E-state index in [0.29, 0.717) is 11.3 Å². The van der Waals surface area contributed by atoms with Gasteiger partial charge in [-0.05, 0) is 25.5 Å². The van der Waals surface area contributed by atoms with Crippen LogP contribution in [-0.4, -0.2) is 17.5 Å². The Kier molecular flexibility index (Phi) is 5.08. The number of furan rings is 1. The average molecular weight is 280 g/mol. The fraction of sp³-hybridized carbons (Fsp3) is 0.308. The lowest BCUT2D eigenvalue weighted by Gasteiger charge is -1.98. The maximum atomic E-state index is 11.5. The number of carbonyl (C=O) groups excluding carboxylic acids is 1. The smallest absolute Gasteiger partial charge is 0.376 e. The Hall–Kier alpha value is -2.57. The Morgan fingerprint density at radius 3 is 2.70 bits per heavy atom. The van der Waals surface area contributed by atoms with E-state index in [1.54, 1.807) is 13.8 Å². The molecule has 0 unspecified atom stereocenters. The topological polar surface area (TPSA) is 109 Å². The Balaban J connectivity index is 3.01. The van der Waals surface area contributed by atoms with Crippen molar-refractivity contribution in [3.05, 3.63) is 45.6 Å². The molecule has 0 saturated carbocycles. The number of allylic oxidation sites excluding steroid dienone is 4. The largest absolute Gasteiger partial charge is 0.460 e. The number of rotatable bonds is 5. The molecule has 1 aromatic heterocycles. The van der Waals surface area contributed by atoms with Crippen LogP contribution in [0.15, 0.2) is 28.3 Å². The van der Waals surface area contributed by atoms with E-state index < -0.39 is 10.9 Å². The number of nitrogen functional groups attached to an aromatic ring is 1. The highest BCUT2D eigenvalue weighted by atomic mass is 16.6. The Morgan fingerprint density at radius 1 is 1.50 bits per heavy atom. The molecule has 20 heavy (non-hydrogen) atoms. The lowest BCUT2D eigenvalue weighted by Crippen LogP contribution is -2.05. The molecule has 2 N–H and O–H groups in total. The SMILES string of the molecule is CCOC(=O)c1oc(C(C)=CC=C(C)[N+](=O)[O-])cc1N. The van der Waals surface area contributed by atoms with Crippen molar-refractivity contribution in [2.45, 2.75) is 20.8 Å². The van der Waals surface area contributed by atoms with Gasteiger partial charge in [0.2, 0.25) is 11.5 Å². The molecule has 108 valence electrons. The standard InChI is InChI=1S/C13H16N2O5/c1-4-19-13(16)12-10(14)7-11(20-12)8(2)5-6-9(3)15(17)18/h5-7H,4,14H2,1-3H3. The van der Waals surface area contributed by atoms with Gasteiger partial charge in [-0.2, -0.15) is 0 Å². The van der Waals surface area contributed by atoms with Gasteiger partial charge in [0.15, 0.2) is 0 Å². The number of hydrogen-bond acceptors (Lipinski definition) is 6. The molecule has 0 aliphatic rings. The Bertz CT molecular complexity index is 584. The van der Waals surface area contributed by atoms with Gasteiger partial charge in [-0.1, -0.05) is 0 Å². The minimum atomic E-state index is -0.638. The summed E-state index contributed by atoms with van der Waals surface area (Å²) in [4.78, 5) is 21.5. The molecule has 0 saturated heterocycles. The van der Waals surface area contributed by atoms with Gasteiger partial charge in [-0.25, -0.2) is 4.79 Å². The molecule has 0 aliphatic carbocycles. The summed E-state index contributed by atoms with van der Waals surface area (Å²) < 4.78 is 10.1. The number of nitro groups is 1. The first-order chi connectivity index (χ1) is 9.36. The third-order valence-electron chi connectivity index (χ3n) is 2.47. The summed E-state index contributed by atoms with van der Waals surface area (Å²) in [7, 11) is 0. The van der Waals surface area contributed by atoms with Crippen molar-refractivity contribution < 1.29 is 18.9 Å². The van der Waals surface area contributed by atoms with Gasteiger partial charge in [0, 0.05) is 19.1 Å². The zero-order chi connectivity index (χ0) is 15.3. The van der Waals surface area contributed by atoms with Crippen molar-refractivity contribution >= 4 is 17.2 Å². The highest BCUT2D eigenvalue weighted by Crippen LogP contribution is 2.24. The fourth-order valence-electron chi connectivity index (χ4n) is 1.34. The van der Waals surface area contributed by atoms with Crippen LogP contribution >= 0.6 is 0 Å². The van der Waals surface area contributed by atoms with Crippen LogP contribution in [0.3, 0.4) is 0 Å². The monoisotopic (exact) mass is 280 g/mol. The van der Waals surface area contributed by atoms with Crippen molar-refractivity contribution in [2.75, 3.05) is 12.3 Å². The number of ether oxygens (including phenoxy) is 1. The van der Waals surface area contributed by atoms with E-state index in [1.807, 2.05) is 0 Å². The summed E-state index contributed by atoms with van der Waals surface area (Å²) in [5.41, 5.74) is 6.44. The number of esters is 1. The van der Waals surface area contributed by atoms with Crippen molar-refractivity contribution in [1.82, 2.24) is 0 Å². The first-order valence-electron chi connectivity index (χ1n) is 5.93. The lowest BCUT2D eigenvalue weighted by molar-refractivity contribution is -0.424. The molecule has 0 radical (unpaired) electrons. The van der Waals surface area contributed by atoms with Crippen molar-refractivity contribution in [3.8, 4) is 0 Å². The summed E-state index contributed by atoms with van der Waals surface area (Å²) >= 11 is 0. The second kappa shape index (κ2) is 6.55. The quantitative estimate of drug-likeness (QED) is 0.384. The summed E-state index contributed by atoms with van der Waals surface area (Å²) in [6, 6.07) is 1.48. The van der Waals surface area contributed by atoms with Crippen LogP contribution in [0.5, 0.6) is 0 Å². The van der Waals surface area contributed by atoms with Crippen molar-refractivity contribution in [1.29, 1.82) is 0 Å². The van der Waals surface area contributed by atoms with Crippen LogP contribution in [0.2, 0.25) is 0 Å². The van der Waals surface area contributed by atoms with Crippen LogP contribution in [0.4, 0.5) is 5.69 Å². The molecule has 0 aliphatic heterocycles. The third-order valence-corrected chi connectivity index (χ3v) is 2.47. The van der Waals surface area contributed by atoms with Crippen LogP contribution in [0, 0.1) is 10.1 Å². The molecule has 0 atom stereocenters. The Labute approximate surface area is 115 Å². The van der Waals surface area contributed by atoms with E-state index in [-0.39, 0.29) is 23.8 Å². The molecule has 1 heterocycles. The van der Waals surface area contributed by atoms with Gasteiger partial charge < -0.3 is 14.9 Å². The predicted octanol–water partition coefficient (Wildman–Crippen LogP) is 2.62. The van der Waals surface area contributed by atoms with Crippen molar-refractivity contribution in [3.63, 3.8) is 0 Å². The first kappa shape index (κ1) is 15.5. The van der Waals surface area contributed by atoms with Crippen LogP contribution in [0.1, 0.15) is 37.1 Å². The molecule has 7 heteroatoms. The molecule has 1 aromatic rings. The van der Waals surface area contributed by atoms with Crippen LogP contribution in [0.25, 0.3) is 5.57 Å². The second-order valence-electron chi connectivity index (χ2n) is 4.03. The summed E-state index contributed by atoms with van der Waals surface area (Å²) in [6.07, 6.45) is 2.86. The molecule has 0 aromatic carbocycles. The molecule has 0 fully saturated rings. The number of anilines is 1. The zero-order valence-corrected chi connectivity index (χ0v) is 11.5. The molecule has 0 spiro atoms. The molecular weight excluding hydrogens is 264 g/mol. The van der Waals surface area contributed by atoms with E-state index in [4.69, 9.17) is 14.9 Å². The molecule has 0 bridgehead atoms. The van der Waals surface area contributed by atoms with E-state index in [1.165, 1.54) is 25.1 Å². The molecule has 0 amide bonds. The van der Waals surface area contributed by atoms with E-state index in [9.17, 15) is 14.9 Å². The Morgan fingerprint density at radius 2 is 2.15 bits per heavy atom. The first-order valence-corrected chi connectivity index (χ1v) is 5.93. The second-order valence-corrected chi connectivity index (χ2v) is 4.03. The molecular formula is C13H16N2O5. The maximum Gasteiger partial charge on any atom is 0.376 e. The fourth-order valence-corrected chi connectivity index (χ4v) is 1.34. The summed E-state index contributed by atoms with van der Waals surface area (Å²) in [6.45, 7) is 4.96. The summed E-state index contributed by atoms with van der Waals surface area (Å²) in [5.74, 6) is -0.344. The van der Waals surface area contributed by atoms with E-state index >= 15 is 0 Å². The van der Waals surface area contributed by atoms with Gasteiger partial charge in [0.25, 0.3) is 0 Å². The zero-order valence-electron chi connectivity index (χ0n) is 11.5. The average Bonchev–Trinajstić information content (AvgIpc) is 2.77. The van der Waals surface area contributed by atoms with Gasteiger partial charge in [0.05, 0.1) is 17.2 Å². The third kappa shape index (κ3) is 3.71. The minimum absolute atomic E-state index is 0.00510. The van der Waals surface area contributed by atoms with Crippen LogP contribution < -0.4 is 5.73 Å². The summed E-state index contributed by atoms with van der Waals surface area (Å²) in [5, 5.41) is 10.5. The molecule has 1 rings (SSSR count). The maximum absolute atomic E-state index is 11.5. The van der Waals surface area contributed by atoms with Gasteiger partial charge in [-0.15, -0.1) is 0 Å². The number of carbonyl (C=O) groups is 1. The van der Waals surface area contributed by atoms with E-state index in [0.717, 1.165) is 0 Å². The number of nitrogens with two attached hydrogens (primary N) is 1. The number of hydrogen-bond donors (Lipinski definition) is 1. The number of nitrogens with zero attached hydrogens (tertiary/aromatic N) is 1. The van der Waals surface area contributed by atoms with E-state index in [2.05, 4.69) is 0 Å². The highest BCUT2D eigenvalue weighted by Gasteiger charge is 2.18. The highest BCUT2D eigenvalue weighted by molar-refractivity contribution is 5.92. The predicted molar refractivity (Wildman–Crippen MR) is 73.5 cm³/mol. The van der Waals surface area contributed by atoms with Gasteiger partial charge in [0.1, 0.15) is 5.76 Å². The lowest BCUT2D eigenvalue weighted by atomic mass is 10.2. The molecule has 7 nitrogen and oxygen atoms in total. The van der Waals surface area contributed by atoms with Crippen LogP contribution in [-0.2, 0) is 4.74 Å². The van der Waals surface area contributed by atoms with Crippen molar-refractivity contribution in [2.24, 2.45) is 0 Å². The minimum Gasteiger partial charge on any atom is -0.460 e.